The largest absolute Gasteiger partial charge is 0.299 e. The normalized spacial score (nSPS) is 31.3. The number of Topliss-reactive ketones (excluding diaryl/α,β-unsaturated/α-hetero) is 1. The van der Waals surface area contributed by atoms with Crippen molar-refractivity contribution in [3.63, 3.8) is 0 Å². The van der Waals surface area contributed by atoms with Crippen LogP contribution in [0, 0.1) is 11.3 Å². The average Bonchev–Trinajstić information content (AvgIpc) is 2.44. The van der Waals surface area contributed by atoms with Crippen molar-refractivity contribution in [2.24, 2.45) is 11.3 Å². The molecule has 0 N–H and O–H groups in total. The van der Waals surface area contributed by atoms with Crippen LogP contribution >= 0.6 is 11.8 Å². The van der Waals surface area contributed by atoms with E-state index in [1.807, 2.05) is 13.8 Å². The highest BCUT2D eigenvalue weighted by Crippen LogP contribution is 2.36. The van der Waals surface area contributed by atoms with Gasteiger partial charge in [-0.25, -0.2) is 8.42 Å². The van der Waals surface area contributed by atoms with Crippen LogP contribution < -0.4 is 0 Å². The Morgan fingerprint density at radius 1 is 1.38 bits per heavy atom. The van der Waals surface area contributed by atoms with Crippen molar-refractivity contribution < 1.29 is 13.2 Å². The maximum Gasteiger partial charge on any atom is 0.166 e. The number of rotatable bonds is 4. The molecule has 6 heteroatoms. The van der Waals surface area contributed by atoms with E-state index >= 15 is 0 Å². The van der Waals surface area contributed by atoms with Gasteiger partial charge in [-0.05, 0) is 12.8 Å². The Hall–Kier alpha value is -0.0700. The van der Waals surface area contributed by atoms with Crippen molar-refractivity contribution in [2.75, 3.05) is 30.3 Å². The van der Waals surface area contributed by atoms with Crippen molar-refractivity contribution in [3.05, 3.63) is 0 Å². The van der Waals surface area contributed by atoms with E-state index in [0.29, 0.717) is 18.1 Å². The van der Waals surface area contributed by atoms with E-state index in [4.69, 9.17) is 0 Å². The summed E-state index contributed by atoms with van der Waals surface area (Å²) >= 11 is 1.71. The van der Waals surface area contributed by atoms with Gasteiger partial charge in [0.15, 0.2) is 9.84 Å². The Kier molecular flexibility index (Phi) is 5.42. The zero-order valence-electron chi connectivity index (χ0n) is 13.3. The summed E-state index contributed by atoms with van der Waals surface area (Å²) in [5, 5.41) is -0.404. The van der Waals surface area contributed by atoms with Crippen molar-refractivity contribution in [2.45, 2.75) is 45.4 Å². The zero-order chi connectivity index (χ0) is 15.7. The first-order valence-electron chi connectivity index (χ1n) is 7.85. The summed E-state index contributed by atoms with van der Waals surface area (Å²) < 4.78 is 24.6. The van der Waals surface area contributed by atoms with Crippen LogP contribution in [-0.2, 0) is 14.6 Å². The molecule has 2 unspecified atom stereocenters. The fourth-order valence-corrected chi connectivity index (χ4v) is 6.49. The second-order valence-corrected chi connectivity index (χ2v) is 10.4. The SMILES string of the molecule is CCS(=O)(=O)C1CSCCN1CC1CCCC(C)(C)C1=O. The summed E-state index contributed by atoms with van der Waals surface area (Å²) in [5.41, 5.74) is -0.243. The molecule has 122 valence electrons. The van der Waals surface area contributed by atoms with Gasteiger partial charge in [-0.15, -0.1) is 0 Å². The van der Waals surface area contributed by atoms with Crippen LogP contribution in [0.25, 0.3) is 0 Å². The topological polar surface area (TPSA) is 54.5 Å². The lowest BCUT2D eigenvalue weighted by atomic mass is 9.71. The van der Waals surface area contributed by atoms with Crippen LogP contribution in [0.4, 0.5) is 0 Å². The Labute approximate surface area is 133 Å². The number of nitrogens with zero attached hydrogens (tertiary/aromatic N) is 1. The van der Waals surface area contributed by atoms with Crippen LogP contribution in [0.3, 0.4) is 0 Å². The molecule has 0 bridgehead atoms. The molecule has 2 fully saturated rings. The first-order chi connectivity index (χ1) is 9.78. The van der Waals surface area contributed by atoms with Crippen LogP contribution in [-0.4, -0.2) is 54.8 Å². The van der Waals surface area contributed by atoms with Gasteiger partial charge in [0.25, 0.3) is 0 Å². The predicted molar refractivity (Wildman–Crippen MR) is 88.3 cm³/mol. The summed E-state index contributed by atoms with van der Waals surface area (Å²) in [6.07, 6.45) is 2.93. The fraction of sp³-hybridized carbons (Fsp3) is 0.933. The van der Waals surface area contributed by atoms with E-state index in [2.05, 4.69) is 4.90 Å². The van der Waals surface area contributed by atoms with Gasteiger partial charge >= 0.3 is 0 Å². The number of sulfone groups is 1. The standard InChI is InChI=1S/C15H27NO3S2/c1-4-21(18,19)13-11-20-9-8-16(13)10-12-6-5-7-15(2,3)14(12)17/h12-13H,4-11H2,1-3H3. The molecule has 1 heterocycles. The van der Waals surface area contributed by atoms with E-state index in [1.54, 1.807) is 18.7 Å². The smallest absolute Gasteiger partial charge is 0.166 e. The molecule has 2 rings (SSSR count). The Morgan fingerprint density at radius 3 is 2.76 bits per heavy atom. The van der Waals surface area contributed by atoms with Crippen LogP contribution in [0.5, 0.6) is 0 Å². The maximum absolute atomic E-state index is 12.6. The molecule has 0 radical (unpaired) electrons. The first kappa shape index (κ1) is 17.3. The maximum atomic E-state index is 12.6. The molecule has 1 aliphatic carbocycles. The first-order valence-corrected chi connectivity index (χ1v) is 10.7. The minimum atomic E-state index is -3.07. The van der Waals surface area contributed by atoms with E-state index in [0.717, 1.165) is 31.6 Å². The number of hydrogen-bond donors (Lipinski definition) is 0. The molecular weight excluding hydrogens is 306 g/mol. The third kappa shape index (κ3) is 3.82. The molecule has 0 aromatic carbocycles. The van der Waals surface area contributed by atoms with Crippen LogP contribution in [0.2, 0.25) is 0 Å². The summed E-state index contributed by atoms with van der Waals surface area (Å²) in [6, 6.07) is 0. The van der Waals surface area contributed by atoms with E-state index in [-0.39, 0.29) is 17.1 Å². The molecular formula is C15H27NO3S2. The lowest BCUT2D eigenvalue weighted by Gasteiger charge is -2.40. The number of carbonyl (C=O) groups is 1. The quantitative estimate of drug-likeness (QED) is 0.789. The van der Waals surface area contributed by atoms with Gasteiger partial charge in [-0.3, -0.25) is 9.69 Å². The summed E-state index contributed by atoms with van der Waals surface area (Å²) in [4.78, 5) is 14.6. The molecule has 4 nitrogen and oxygen atoms in total. The van der Waals surface area contributed by atoms with Gasteiger partial charge in [0.1, 0.15) is 11.2 Å². The second-order valence-electron chi connectivity index (χ2n) is 6.81. The number of hydrogen-bond acceptors (Lipinski definition) is 5. The van der Waals surface area contributed by atoms with Gasteiger partial charge in [-0.2, -0.15) is 11.8 Å². The molecule has 0 aromatic heterocycles. The lowest BCUT2D eigenvalue weighted by molar-refractivity contribution is -0.135. The molecule has 1 aliphatic heterocycles. The van der Waals surface area contributed by atoms with Gasteiger partial charge in [0.2, 0.25) is 0 Å². The third-order valence-electron chi connectivity index (χ3n) is 4.85. The minimum absolute atomic E-state index is 0.00593. The molecule has 2 aliphatic rings. The molecule has 0 spiro atoms. The molecule has 2 atom stereocenters. The molecule has 21 heavy (non-hydrogen) atoms. The van der Waals surface area contributed by atoms with Gasteiger partial charge in [0.05, 0.1) is 0 Å². The number of carbonyl (C=O) groups excluding carboxylic acids is 1. The number of ketones is 1. The van der Waals surface area contributed by atoms with Crippen molar-refractivity contribution in [1.29, 1.82) is 0 Å². The lowest BCUT2D eigenvalue weighted by Crippen LogP contribution is -2.51. The summed E-state index contributed by atoms with van der Waals surface area (Å²) in [7, 11) is -3.07. The highest BCUT2D eigenvalue weighted by atomic mass is 32.2. The monoisotopic (exact) mass is 333 g/mol. The zero-order valence-corrected chi connectivity index (χ0v) is 14.9. The average molecular weight is 334 g/mol. The Balaban J connectivity index is 2.11. The fourth-order valence-electron chi connectivity index (χ4n) is 3.40. The molecule has 1 saturated carbocycles. The van der Waals surface area contributed by atoms with E-state index < -0.39 is 15.2 Å². The predicted octanol–water partition coefficient (Wildman–Crippen LogP) is 2.19. The molecule has 0 aromatic rings. The highest BCUT2D eigenvalue weighted by molar-refractivity contribution is 8.01. The Bertz CT molecular complexity index is 487. The van der Waals surface area contributed by atoms with Gasteiger partial charge < -0.3 is 0 Å². The summed E-state index contributed by atoms with van der Waals surface area (Å²) in [6.45, 7) is 7.15. The van der Waals surface area contributed by atoms with Crippen LogP contribution in [0.15, 0.2) is 0 Å². The number of thioether (sulfide) groups is 1. The Morgan fingerprint density at radius 2 is 2.10 bits per heavy atom. The summed E-state index contributed by atoms with van der Waals surface area (Å²) in [5.74, 6) is 2.10. The van der Waals surface area contributed by atoms with Crippen LogP contribution in [0.1, 0.15) is 40.0 Å². The highest BCUT2D eigenvalue weighted by Gasteiger charge is 2.40. The molecule has 0 amide bonds. The van der Waals surface area contributed by atoms with Crippen molar-refractivity contribution in [3.8, 4) is 0 Å². The van der Waals surface area contributed by atoms with E-state index in [1.165, 1.54) is 0 Å². The van der Waals surface area contributed by atoms with E-state index in [9.17, 15) is 13.2 Å². The molecule has 1 saturated heterocycles. The minimum Gasteiger partial charge on any atom is -0.299 e. The van der Waals surface area contributed by atoms with Crippen molar-refractivity contribution >= 4 is 27.4 Å². The van der Waals surface area contributed by atoms with Crippen molar-refractivity contribution in [1.82, 2.24) is 4.90 Å². The third-order valence-corrected chi connectivity index (χ3v) is 8.19. The van der Waals surface area contributed by atoms with Gasteiger partial charge in [0, 0.05) is 41.7 Å². The second kappa shape index (κ2) is 6.59. The van der Waals surface area contributed by atoms with Gasteiger partial charge in [-0.1, -0.05) is 27.2 Å².